The van der Waals surface area contributed by atoms with Crippen LogP contribution in [-0.4, -0.2) is 93.1 Å². The Kier molecular flexibility index (Phi) is 12.2. The second-order valence-electron chi connectivity index (χ2n) is 14.9. The molecule has 1 unspecified atom stereocenters. The first kappa shape index (κ1) is 39.0. The first-order valence-electron chi connectivity index (χ1n) is 19.1. The lowest BCUT2D eigenvalue weighted by Gasteiger charge is -2.37. The molecular weight excluding hydrogens is 701 g/mol. The highest BCUT2D eigenvalue weighted by molar-refractivity contribution is 5.87. The van der Waals surface area contributed by atoms with E-state index in [4.69, 9.17) is 19.4 Å². The van der Waals surface area contributed by atoms with Crippen LogP contribution in [0.5, 0.6) is 0 Å². The lowest BCUT2D eigenvalue weighted by Crippen LogP contribution is -2.53. The number of nitrogens with zero attached hydrogens (tertiary/aromatic N) is 4. The first-order valence-corrected chi connectivity index (χ1v) is 19.1. The van der Waals surface area contributed by atoms with Crippen LogP contribution in [0.4, 0.5) is 9.59 Å². The summed E-state index contributed by atoms with van der Waals surface area (Å²) in [6, 6.07) is 14.6. The molecule has 4 amide bonds. The number of hydrogen-bond acceptors (Lipinski definition) is 8. The summed E-state index contributed by atoms with van der Waals surface area (Å²) >= 11 is 0. The van der Waals surface area contributed by atoms with Crippen molar-refractivity contribution in [3.05, 3.63) is 72.6 Å². The van der Waals surface area contributed by atoms with E-state index in [1.807, 2.05) is 69.3 Å². The van der Waals surface area contributed by atoms with Crippen molar-refractivity contribution in [2.75, 3.05) is 27.3 Å². The van der Waals surface area contributed by atoms with Gasteiger partial charge < -0.3 is 39.9 Å². The van der Waals surface area contributed by atoms with E-state index in [9.17, 15) is 19.2 Å². The standard InChI is InChI=1S/C41H52N8O6/c1-24(2)34(46-40(52)54-5)38(50)48-20-8-7-10-32(48)36-42-22-30(44-36)28-16-12-26(13-17-28)27-14-18-29(19-15-27)31-23-43-37(45-31)33-11-9-21-49(33)39(51)35(25(3)4)47-41(53)55-6/h12-19,22-25,32-35H,7-11,20-21H2,1-6H3,(H,42,44)(H,43,45)(H,46,52)(H,47,53)/t32-,33-,34?,35-/m0/s1. The Bertz CT molecular complexity index is 1950. The predicted octanol–water partition coefficient (Wildman–Crippen LogP) is 6.61. The van der Waals surface area contributed by atoms with Crippen LogP contribution < -0.4 is 10.6 Å². The van der Waals surface area contributed by atoms with Gasteiger partial charge in [-0.2, -0.15) is 0 Å². The number of carbonyl (C=O) groups is 4. The minimum Gasteiger partial charge on any atom is -0.453 e. The highest BCUT2D eigenvalue weighted by atomic mass is 16.5. The zero-order valence-electron chi connectivity index (χ0n) is 32.4. The first-order chi connectivity index (χ1) is 26.5. The zero-order valence-corrected chi connectivity index (χ0v) is 32.4. The minimum absolute atomic E-state index is 0.105. The van der Waals surface area contributed by atoms with Crippen molar-refractivity contribution in [2.45, 2.75) is 84.0 Å². The number of benzene rings is 2. The molecule has 55 heavy (non-hydrogen) atoms. The summed E-state index contributed by atoms with van der Waals surface area (Å²) in [5, 5.41) is 5.41. The number of aromatic amines is 2. The van der Waals surface area contributed by atoms with Gasteiger partial charge in [0.05, 0.1) is 37.7 Å². The molecule has 2 aliphatic rings. The van der Waals surface area contributed by atoms with Crippen LogP contribution in [0.25, 0.3) is 33.6 Å². The third kappa shape index (κ3) is 8.68. The third-order valence-corrected chi connectivity index (χ3v) is 10.6. The minimum atomic E-state index is -0.692. The molecule has 2 saturated heterocycles. The van der Waals surface area contributed by atoms with Gasteiger partial charge in [0, 0.05) is 36.6 Å². The lowest BCUT2D eigenvalue weighted by molar-refractivity contribution is -0.138. The summed E-state index contributed by atoms with van der Waals surface area (Å²) in [6.45, 7) is 8.80. The highest BCUT2D eigenvalue weighted by Gasteiger charge is 2.38. The summed E-state index contributed by atoms with van der Waals surface area (Å²) in [4.78, 5) is 71.2. The fourth-order valence-electron chi connectivity index (χ4n) is 7.53. The maximum atomic E-state index is 13.7. The molecular formula is C41H52N8O6. The molecule has 14 heteroatoms. The van der Waals surface area contributed by atoms with Gasteiger partial charge in [-0.15, -0.1) is 0 Å². The van der Waals surface area contributed by atoms with Gasteiger partial charge in [-0.3, -0.25) is 9.59 Å². The van der Waals surface area contributed by atoms with Crippen LogP contribution in [0.15, 0.2) is 60.9 Å². The Morgan fingerprint density at radius 3 is 1.40 bits per heavy atom. The summed E-state index contributed by atoms with van der Waals surface area (Å²) in [5.41, 5.74) is 5.59. The Balaban J connectivity index is 1.11. The fraction of sp³-hybridized carbons (Fsp3) is 0.463. The summed E-state index contributed by atoms with van der Waals surface area (Å²) in [6.07, 6.45) is 6.78. The molecule has 4 aromatic rings. The number of ether oxygens (including phenoxy) is 2. The Morgan fingerprint density at radius 1 is 0.618 bits per heavy atom. The molecule has 14 nitrogen and oxygen atoms in total. The molecule has 4 heterocycles. The number of likely N-dealkylation sites (tertiary alicyclic amines) is 2. The summed E-state index contributed by atoms with van der Waals surface area (Å²) < 4.78 is 9.53. The van der Waals surface area contributed by atoms with Crippen molar-refractivity contribution < 1.29 is 28.7 Å². The van der Waals surface area contributed by atoms with Crippen molar-refractivity contribution in [3.63, 3.8) is 0 Å². The van der Waals surface area contributed by atoms with E-state index < -0.39 is 24.3 Å². The van der Waals surface area contributed by atoms with Gasteiger partial charge in [-0.05, 0) is 55.1 Å². The van der Waals surface area contributed by atoms with Gasteiger partial charge in [0.1, 0.15) is 23.7 Å². The van der Waals surface area contributed by atoms with Gasteiger partial charge in [0.25, 0.3) is 0 Å². The molecule has 0 radical (unpaired) electrons. The molecule has 0 bridgehead atoms. The SMILES string of the molecule is COC(=O)NC(C(=O)N1CCCC[C@H]1c1nc(-c2ccc(-c3ccc(-c4c[nH]c([C@@H]5CCCN5C(=O)[C@@H](NC(=O)OC)C(C)C)n4)cc3)cc2)c[nH]1)C(C)C. The molecule has 6 rings (SSSR count). The molecule has 2 aromatic carbocycles. The number of carbonyl (C=O) groups excluding carboxylic acids is 4. The van der Waals surface area contributed by atoms with Crippen LogP contribution in [-0.2, 0) is 19.1 Å². The van der Waals surface area contributed by atoms with Crippen molar-refractivity contribution >= 4 is 24.0 Å². The van der Waals surface area contributed by atoms with E-state index in [1.54, 1.807) is 4.90 Å². The Morgan fingerprint density at radius 2 is 1.00 bits per heavy atom. The molecule has 2 aromatic heterocycles. The van der Waals surface area contributed by atoms with Crippen LogP contribution in [0.3, 0.4) is 0 Å². The van der Waals surface area contributed by atoms with E-state index >= 15 is 0 Å². The topological polar surface area (TPSA) is 175 Å². The molecule has 2 fully saturated rings. The number of imidazole rings is 2. The Labute approximate surface area is 321 Å². The monoisotopic (exact) mass is 752 g/mol. The summed E-state index contributed by atoms with van der Waals surface area (Å²) in [7, 11) is 2.58. The number of methoxy groups -OCH3 is 2. The van der Waals surface area contributed by atoms with Crippen molar-refractivity contribution in [1.82, 2.24) is 40.4 Å². The maximum absolute atomic E-state index is 13.7. The molecule has 0 spiro atoms. The number of amides is 4. The van der Waals surface area contributed by atoms with Gasteiger partial charge in [-0.25, -0.2) is 19.6 Å². The molecule has 0 aliphatic carbocycles. The van der Waals surface area contributed by atoms with Crippen molar-refractivity contribution in [1.29, 1.82) is 0 Å². The van der Waals surface area contributed by atoms with Crippen molar-refractivity contribution in [2.24, 2.45) is 11.8 Å². The maximum Gasteiger partial charge on any atom is 0.407 e. The lowest BCUT2D eigenvalue weighted by atomic mass is 9.97. The predicted molar refractivity (Wildman–Crippen MR) is 207 cm³/mol. The fourth-order valence-corrected chi connectivity index (χ4v) is 7.53. The quantitative estimate of drug-likeness (QED) is 0.132. The average molecular weight is 753 g/mol. The van der Waals surface area contributed by atoms with Gasteiger partial charge in [0.2, 0.25) is 11.8 Å². The number of rotatable bonds is 11. The summed E-state index contributed by atoms with van der Waals surface area (Å²) in [5.74, 6) is 0.964. The van der Waals surface area contributed by atoms with E-state index in [0.717, 1.165) is 77.4 Å². The number of piperidine rings is 1. The number of hydrogen-bond donors (Lipinski definition) is 4. The van der Waals surface area contributed by atoms with Gasteiger partial charge in [-0.1, -0.05) is 76.2 Å². The number of H-pyrrole nitrogens is 2. The number of alkyl carbamates (subject to hydrolysis) is 2. The van der Waals surface area contributed by atoms with Gasteiger partial charge in [0.15, 0.2) is 0 Å². The van der Waals surface area contributed by atoms with Crippen LogP contribution in [0, 0.1) is 11.8 Å². The molecule has 4 atom stereocenters. The zero-order chi connectivity index (χ0) is 39.2. The smallest absolute Gasteiger partial charge is 0.407 e. The normalized spacial score (nSPS) is 18.3. The Hall–Kier alpha value is -5.66. The molecule has 2 aliphatic heterocycles. The molecule has 4 N–H and O–H groups in total. The van der Waals surface area contributed by atoms with Crippen LogP contribution in [0.1, 0.15) is 83.5 Å². The second kappa shape index (κ2) is 17.2. The van der Waals surface area contributed by atoms with Gasteiger partial charge >= 0.3 is 12.2 Å². The third-order valence-electron chi connectivity index (χ3n) is 10.6. The second-order valence-corrected chi connectivity index (χ2v) is 14.9. The highest BCUT2D eigenvalue weighted by Crippen LogP contribution is 2.35. The van der Waals surface area contributed by atoms with Crippen LogP contribution >= 0.6 is 0 Å². The van der Waals surface area contributed by atoms with Crippen LogP contribution in [0.2, 0.25) is 0 Å². The van der Waals surface area contributed by atoms with E-state index in [0.29, 0.717) is 13.1 Å². The van der Waals surface area contributed by atoms with E-state index in [1.165, 1.54) is 14.2 Å². The van der Waals surface area contributed by atoms with E-state index in [2.05, 4.69) is 44.9 Å². The number of aromatic nitrogens is 4. The van der Waals surface area contributed by atoms with E-state index in [-0.39, 0.29) is 35.7 Å². The largest absolute Gasteiger partial charge is 0.453 e. The molecule has 0 saturated carbocycles. The number of nitrogens with one attached hydrogen (secondary N) is 4. The molecule has 292 valence electrons. The average Bonchev–Trinajstić information content (AvgIpc) is 4.00. The van der Waals surface area contributed by atoms with Crippen molar-refractivity contribution in [3.8, 4) is 33.6 Å².